The van der Waals surface area contributed by atoms with Crippen molar-refractivity contribution < 1.29 is 4.79 Å². The Morgan fingerprint density at radius 3 is 2.54 bits per heavy atom. The molecule has 0 bridgehead atoms. The summed E-state index contributed by atoms with van der Waals surface area (Å²) in [6.45, 7) is 1.89. The summed E-state index contributed by atoms with van der Waals surface area (Å²) in [6.07, 6.45) is 3.54. The van der Waals surface area contributed by atoms with Crippen LogP contribution >= 0.6 is 0 Å². The lowest BCUT2D eigenvalue weighted by Gasteiger charge is -2.18. The molecule has 0 aliphatic heterocycles. The molecule has 140 valence electrons. The molecule has 2 aromatic carbocycles. The first-order valence-corrected chi connectivity index (χ1v) is 8.69. The molecule has 1 atom stereocenters. The highest BCUT2D eigenvalue weighted by molar-refractivity contribution is 5.97. The van der Waals surface area contributed by atoms with E-state index < -0.39 is 11.1 Å². The van der Waals surface area contributed by atoms with Crippen molar-refractivity contribution in [1.29, 1.82) is 0 Å². The molecule has 3 N–H and O–H groups in total. The molecule has 0 aliphatic carbocycles. The predicted octanol–water partition coefficient (Wildman–Crippen LogP) is 1.89. The third-order valence-corrected chi connectivity index (χ3v) is 4.49. The highest BCUT2D eigenvalue weighted by Gasteiger charge is 2.16. The van der Waals surface area contributed by atoms with Crippen LogP contribution in [0.15, 0.2) is 70.5 Å². The second-order valence-corrected chi connectivity index (χ2v) is 6.37. The van der Waals surface area contributed by atoms with Gasteiger partial charge in [0.2, 0.25) is 0 Å². The average molecular weight is 375 g/mol. The van der Waals surface area contributed by atoms with Crippen molar-refractivity contribution in [1.82, 2.24) is 25.1 Å². The second kappa shape index (κ2) is 6.99. The van der Waals surface area contributed by atoms with Crippen molar-refractivity contribution >= 4 is 16.9 Å². The van der Waals surface area contributed by atoms with Gasteiger partial charge in [0.25, 0.3) is 5.91 Å². The first-order valence-electron chi connectivity index (χ1n) is 8.69. The van der Waals surface area contributed by atoms with Crippen molar-refractivity contribution in [3.8, 4) is 5.69 Å². The molecule has 4 rings (SSSR count). The Morgan fingerprint density at radius 1 is 1.04 bits per heavy atom. The van der Waals surface area contributed by atoms with Crippen LogP contribution < -0.4 is 16.4 Å². The normalized spacial score (nSPS) is 12.0. The van der Waals surface area contributed by atoms with Gasteiger partial charge >= 0.3 is 11.1 Å². The smallest absolute Gasteiger partial charge is 0.314 e. The SMILES string of the molecule is C[C@H](NC(=O)c1ccc2[nH]c(=O)c(=O)[nH]c2c1)c1ccccc1-n1cccn1. The minimum absolute atomic E-state index is 0.279. The molecular weight excluding hydrogens is 358 g/mol. The van der Waals surface area contributed by atoms with Crippen molar-refractivity contribution in [3.05, 3.63) is 92.8 Å². The second-order valence-electron chi connectivity index (χ2n) is 6.37. The van der Waals surface area contributed by atoms with Gasteiger partial charge in [0.05, 0.1) is 22.8 Å². The van der Waals surface area contributed by atoms with E-state index >= 15 is 0 Å². The minimum Gasteiger partial charge on any atom is -0.345 e. The van der Waals surface area contributed by atoms with Crippen LogP contribution in [0.3, 0.4) is 0 Å². The van der Waals surface area contributed by atoms with E-state index in [0.717, 1.165) is 11.3 Å². The molecule has 0 radical (unpaired) electrons. The molecule has 0 saturated heterocycles. The van der Waals surface area contributed by atoms with Gasteiger partial charge in [0.1, 0.15) is 0 Å². The van der Waals surface area contributed by atoms with E-state index in [1.807, 2.05) is 43.5 Å². The van der Waals surface area contributed by atoms with E-state index in [9.17, 15) is 14.4 Å². The number of aromatic amines is 2. The number of H-pyrrole nitrogens is 2. The predicted molar refractivity (Wildman–Crippen MR) is 105 cm³/mol. The number of carbonyl (C=O) groups excluding carboxylic acids is 1. The topological polar surface area (TPSA) is 113 Å². The Bertz CT molecular complexity index is 1270. The minimum atomic E-state index is -0.758. The summed E-state index contributed by atoms with van der Waals surface area (Å²) >= 11 is 0. The number of hydrogen-bond donors (Lipinski definition) is 3. The van der Waals surface area contributed by atoms with Gasteiger partial charge in [-0.25, -0.2) is 4.68 Å². The van der Waals surface area contributed by atoms with Crippen LogP contribution in [-0.4, -0.2) is 25.7 Å². The Kier molecular flexibility index (Phi) is 4.36. The van der Waals surface area contributed by atoms with Crippen LogP contribution in [0.5, 0.6) is 0 Å². The summed E-state index contributed by atoms with van der Waals surface area (Å²) in [7, 11) is 0. The molecule has 0 unspecified atom stereocenters. The molecule has 0 aliphatic rings. The Balaban J connectivity index is 1.62. The van der Waals surface area contributed by atoms with Crippen molar-refractivity contribution in [2.24, 2.45) is 0 Å². The molecule has 4 aromatic rings. The van der Waals surface area contributed by atoms with E-state index in [1.165, 1.54) is 6.07 Å². The summed E-state index contributed by atoms with van der Waals surface area (Å²) in [4.78, 5) is 40.6. The third-order valence-electron chi connectivity index (χ3n) is 4.49. The highest BCUT2D eigenvalue weighted by atomic mass is 16.2. The third kappa shape index (κ3) is 3.23. The van der Waals surface area contributed by atoms with Crippen LogP contribution in [0.25, 0.3) is 16.7 Å². The monoisotopic (exact) mass is 375 g/mol. The fraction of sp³-hybridized carbons (Fsp3) is 0.100. The lowest BCUT2D eigenvalue weighted by molar-refractivity contribution is 0.0940. The first kappa shape index (κ1) is 17.5. The number of nitrogens with zero attached hydrogens (tertiary/aromatic N) is 2. The van der Waals surface area contributed by atoms with E-state index in [2.05, 4.69) is 20.4 Å². The standard InChI is InChI=1S/C20H17N5O3/c1-12(14-5-2-3-6-17(14)25-10-4-9-21-25)22-18(26)13-7-8-15-16(11-13)24-20(28)19(27)23-15/h2-12H,1H3,(H,22,26)(H,23,27)(H,24,28)/t12-/m0/s1. The number of benzene rings is 2. The van der Waals surface area contributed by atoms with E-state index in [0.29, 0.717) is 16.6 Å². The van der Waals surface area contributed by atoms with Crippen molar-refractivity contribution in [3.63, 3.8) is 0 Å². The molecule has 0 saturated carbocycles. The summed E-state index contributed by atoms with van der Waals surface area (Å²) in [5, 5.41) is 7.22. The molecule has 0 fully saturated rings. The summed E-state index contributed by atoms with van der Waals surface area (Å²) in [6, 6.07) is 14.0. The van der Waals surface area contributed by atoms with E-state index in [-0.39, 0.29) is 11.9 Å². The van der Waals surface area contributed by atoms with Gasteiger partial charge in [0, 0.05) is 18.0 Å². The van der Waals surface area contributed by atoms with Gasteiger partial charge in [-0.2, -0.15) is 5.10 Å². The molecule has 8 nitrogen and oxygen atoms in total. The maximum Gasteiger partial charge on any atom is 0.314 e. The Labute approximate surface area is 158 Å². The molecule has 1 amide bonds. The number of nitrogens with one attached hydrogen (secondary N) is 3. The number of para-hydroxylation sites is 1. The number of rotatable bonds is 4. The Morgan fingerprint density at radius 2 is 1.79 bits per heavy atom. The van der Waals surface area contributed by atoms with Gasteiger partial charge in [-0.05, 0) is 42.8 Å². The molecule has 2 aromatic heterocycles. The molecule has 8 heteroatoms. The van der Waals surface area contributed by atoms with Gasteiger partial charge in [0.15, 0.2) is 0 Å². The lowest BCUT2D eigenvalue weighted by atomic mass is 10.1. The summed E-state index contributed by atoms with van der Waals surface area (Å²) in [5.41, 5.74) is 1.53. The maximum absolute atomic E-state index is 12.7. The highest BCUT2D eigenvalue weighted by Crippen LogP contribution is 2.21. The Hall–Kier alpha value is -3.94. The quantitative estimate of drug-likeness (QED) is 0.473. The molecule has 0 spiro atoms. The van der Waals surface area contributed by atoms with Gasteiger partial charge in [-0.1, -0.05) is 18.2 Å². The van der Waals surface area contributed by atoms with Gasteiger partial charge in [-0.3, -0.25) is 14.4 Å². The zero-order valence-corrected chi connectivity index (χ0v) is 15.0. The number of hydrogen-bond acceptors (Lipinski definition) is 4. The lowest BCUT2D eigenvalue weighted by Crippen LogP contribution is -2.29. The number of carbonyl (C=O) groups is 1. The number of aromatic nitrogens is 4. The largest absolute Gasteiger partial charge is 0.345 e. The van der Waals surface area contributed by atoms with Crippen LogP contribution in [0, 0.1) is 0 Å². The zero-order chi connectivity index (χ0) is 19.7. The van der Waals surface area contributed by atoms with Crippen LogP contribution in [0.4, 0.5) is 0 Å². The maximum atomic E-state index is 12.7. The van der Waals surface area contributed by atoms with Crippen LogP contribution in [0.2, 0.25) is 0 Å². The van der Waals surface area contributed by atoms with Crippen LogP contribution in [-0.2, 0) is 0 Å². The van der Waals surface area contributed by atoms with Crippen molar-refractivity contribution in [2.45, 2.75) is 13.0 Å². The van der Waals surface area contributed by atoms with Gasteiger partial charge < -0.3 is 15.3 Å². The van der Waals surface area contributed by atoms with E-state index in [1.54, 1.807) is 23.0 Å². The molecule has 2 heterocycles. The van der Waals surface area contributed by atoms with Crippen molar-refractivity contribution in [2.75, 3.05) is 0 Å². The first-order chi connectivity index (χ1) is 13.5. The summed E-state index contributed by atoms with van der Waals surface area (Å²) in [5.74, 6) is -0.295. The van der Waals surface area contributed by atoms with Crippen LogP contribution in [0.1, 0.15) is 28.9 Å². The molecular formula is C20H17N5O3. The fourth-order valence-corrected chi connectivity index (χ4v) is 3.09. The van der Waals surface area contributed by atoms with E-state index in [4.69, 9.17) is 0 Å². The molecule has 28 heavy (non-hydrogen) atoms. The fourth-order valence-electron chi connectivity index (χ4n) is 3.09. The van der Waals surface area contributed by atoms with Gasteiger partial charge in [-0.15, -0.1) is 0 Å². The number of fused-ring (bicyclic) bond motifs is 1. The average Bonchev–Trinajstić information content (AvgIpc) is 3.23. The zero-order valence-electron chi connectivity index (χ0n) is 15.0. The number of amides is 1. The summed E-state index contributed by atoms with van der Waals surface area (Å²) < 4.78 is 1.75.